The number of rotatable bonds is 3. The van der Waals surface area contributed by atoms with E-state index in [4.69, 9.17) is 10.5 Å². The van der Waals surface area contributed by atoms with E-state index in [1.165, 1.54) is 45.2 Å². The van der Waals surface area contributed by atoms with E-state index in [0.29, 0.717) is 12.1 Å². The molecule has 2 rings (SSSR count). The predicted molar refractivity (Wildman–Crippen MR) is 57.2 cm³/mol. The number of hydrogen-bond donors (Lipinski definition) is 1. The van der Waals surface area contributed by atoms with Gasteiger partial charge in [0.15, 0.2) is 0 Å². The molecule has 2 saturated heterocycles. The van der Waals surface area contributed by atoms with Gasteiger partial charge in [0.25, 0.3) is 0 Å². The third-order valence-corrected chi connectivity index (χ3v) is 3.50. The zero-order valence-corrected chi connectivity index (χ0v) is 8.95. The van der Waals surface area contributed by atoms with Crippen molar-refractivity contribution in [2.45, 2.75) is 44.2 Å². The smallest absolute Gasteiger partial charge is 0.0743 e. The van der Waals surface area contributed by atoms with Gasteiger partial charge in [0.1, 0.15) is 0 Å². The highest BCUT2D eigenvalue weighted by molar-refractivity contribution is 4.85. The molecule has 0 aliphatic carbocycles. The summed E-state index contributed by atoms with van der Waals surface area (Å²) in [5.74, 6) is 0. The monoisotopic (exact) mass is 198 g/mol. The summed E-state index contributed by atoms with van der Waals surface area (Å²) in [7, 11) is 0. The summed E-state index contributed by atoms with van der Waals surface area (Å²) in [4.78, 5) is 2.54. The third kappa shape index (κ3) is 2.27. The van der Waals surface area contributed by atoms with Crippen molar-refractivity contribution in [3.63, 3.8) is 0 Å². The highest BCUT2D eigenvalue weighted by Gasteiger charge is 2.30. The molecule has 2 aliphatic heterocycles. The zero-order chi connectivity index (χ0) is 9.80. The van der Waals surface area contributed by atoms with Crippen LogP contribution in [0.5, 0.6) is 0 Å². The lowest BCUT2D eigenvalue weighted by atomic mass is 10.0. The van der Waals surface area contributed by atoms with E-state index in [2.05, 4.69) is 4.90 Å². The summed E-state index contributed by atoms with van der Waals surface area (Å²) in [6.45, 7) is 4.14. The van der Waals surface area contributed by atoms with E-state index in [0.717, 1.165) is 13.2 Å². The predicted octanol–water partition coefficient (Wildman–Crippen LogP) is 0.979. The molecule has 2 N–H and O–H groups in total. The molecule has 0 aromatic rings. The SMILES string of the molecule is NCC(C1CCCO1)N1CCCCC1. The molecule has 14 heavy (non-hydrogen) atoms. The number of hydrogen-bond acceptors (Lipinski definition) is 3. The van der Waals surface area contributed by atoms with Crippen molar-refractivity contribution in [2.75, 3.05) is 26.2 Å². The van der Waals surface area contributed by atoms with Crippen LogP contribution < -0.4 is 5.73 Å². The summed E-state index contributed by atoms with van der Waals surface area (Å²) in [6.07, 6.45) is 6.90. The third-order valence-electron chi connectivity index (χ3n) is 3.50. The molecule has 3 nitrogen and oxygen atoms in total. The Morgan fingerprint density at radius 3 is 2.57 bits per heavy atom. The van der Waals surface area contributed by atoms with Crippen molar-refractivity contribution in [1.82, 2.24) is 4.90 Å². The van der Waals surface area contributed by atoms with E-state index in [9.17, 15) is 0 Å². The van der Waals surface area contributed by atoms with Crippen molar-refractivity contribution >= 4 is 0 Å². The maximum atomic E-state index is 5.86. The Balaban J connectivity index is 1.89. The quantitative estimate of drug-likeness (QED) is 0.734. The molecule has 2 heterocycles. The second kappa shape index (κ2) is 5.10. The lowest BCUT2D eigenvalue weighted by Gasteiger charge is -2.36. The van der Waals surface area contributed by atoms with Crippen molar-refractivity contribution in [3.8, 4) is 0 Å². The van der Waals surface area contributed by atoms with Gasteiger partial charge in [-0.25, -0.2) is 0 Å². The number of ether oxygens (including phenoxy) is 1. The van der Waals surface area contributed by atoms with Crippen molar-refractivity contribution < 1.29 is 4.74 Å². The highest BCUT2D eigenvalue weighted by atomic mass is 16.5. The summed E-state index contributed by atoms with van der Waals surface area (Å²) < 4.78 is 5.74. The first-order valence-corrected chi connectivity index (χ1v) is 5.97. The number of piperidine rings is 1. The zero-order valence-electron chi connectivity index (χ0n) is 8.95. The van der Waals surface area contributed by atoms with E-state index in [1.54, 1.807) is 0 Å². The summed E-state index contributed by atoms with van der Waals surface area (Å²) in [5.41, 5.74) is 5.86. The molecule has 0 radical (unpaired) electrons. The van der Waals surface area contributed by atoms with Crippen LogP contribution in [0.4, 0.5) is 0 Å². The van der Waals surface area contributed by atoms with Gasteiger partial charge in [0, 0.05) is 19.2 Å². The largest absolute Gasteiger partial charge is 0.377 e. The van der Waals surface area contributed by atoms with Crippen LogP contribution >= 0.6 is 0 Å². The fourth-order valence-corrected chi connectivity index (χ4v) is 2.69. The van der Waals surface area contributed by atoms with Gasteiger partial charge in [0.2, 0.25) is 0 Å². The number of nitrogens with two attached hydrogens (primary N) is 1. The summed E-state index contributed by atoms with van der Waals surface area (Å²) >= 11 is 0. The van der Waals surface area contributed by atoms with Crippen LogP contribution in [-0.2, 0) is 4.74 Å². The molecule has 82 valence electrons. The second-order valence-corrected chi connectivity index (χ2v) is 4.45. The van der Waals surface area contributed by atoms with Gasteiger partial charge in [-0.2, -0.15) is 0 Å². The van der Waals surface area contributed by atoms with Gasteiger partial charge in [0.05, 0.1) is 6.10 Å². The average molecular weight is 198 g/mol. The lowest BCUT2D eigenvalue weighted by Crippen LogP contribution is -2.50. The van der Waals surface area contributed by atoms with Crippen LogP contribution in [0, 0.1) is 0 Å². The average Bonchev–Trinajstić information content (AvgIpc) is 2.74. The van der Waals surface area contributed by atoms with Crippen LogP contribution in [0.15, 0.2) is 0 Å². The molecular formula is C11H22N2O. The lowest BCUT2D eigenvalue weighted by molar-refractivity contribution is 0.0198. The second-order valence-electron chi connectivity index (χ2n) is 4.45. The molecule has 0 saturated carbocycles. The summed E-state index contributed by atoms with van der Waals surface area (Å²) in [5, 5.41) is 0. The first-order chi connectivity index (χ1) is 6.92. The van der Waals surface area contributed by atoms with E-state index in [1.807, 2.05) is 0 Å². The molecule has 2 fully saturated rings. The first kappa shape index (κ1) is 10.4. The summed E-state index contributed by atoms with van der Waals surface area (Å²) in [6, 6.07) is 0.484. The standard InChI is InChI=1S/C11H22N2O/c12-9-10(11-5-4-8-14-11)13-6-2-1-3-7-13/h10-11H,1-9,12H2. The van der Waals surface area contributed by atoms with Crippen LogP contribution in [0.2, 0.25) is 0 Å². The van der Waals surface area contributed by atoms with Gasteiger partial charge in [-0.05, 0) is 38.8 Å². The van der Waals surface area contributed by atoms with Crippen LogP contribution in [-0.4, -0.2) is 43.3 Å². The Morgan fingerprint density at radius 1 is 1.21 bits per heavy atom. The van der Waals surface area contributed by atoms with E-state index >= 15 is 0 Å². The molecule has 2 atom stereocenters. The van der Waals surface area contributed by atoms with Crippen molar-refractivity contribution in [2.24, 2.45) is 5.73 Å². The van der Waals surface area contributed by atoms with Gasteiger partial charge in [-0.1, -0.05) is 6.42 Å². The molecule has 0 bridgehead atoms. The fraction of sp³-hybridized carbons (Fsp3) is 1.00. The van der Waals surface area contributed by atoms with Gasteiger partial charge < -0.3 is 10.5 Å². The van der Waals surface area contributed by atoms with Crippen molar-refractivity contribution in [3.05, 3.63) is 0 Å². The van der Waals surface area contributed by atoms with Gasteiger partial charge >= 0.3 is 0 Å². The molecule has 0 spiro atoms. The Labute approximate surface area is 86.6 Å². The molecule has 2 aliphatic rings. The van der Waals surface area contributed by atoms with E-state index < -0.39 is 0 Å². The van der Waals surface area contributed by atoms with Crippen LogP contribution in [0.25, 0.3) is 0 Å². The van der Waals surface area contributed by atoms with Crippen LogP contribution in [0.1, 0.15) is 32.1 Å². The fourth-order valence-electron chi connectivity index (χ4n) is 2.69. The molecule has 0 aromatic carbocycles. The molecule has 0 amide bonds. The minimum Gasteiger partial charge on any atom is -0.377 e. The van der Waals surface area contributed by atoms with Crippen LogP contribution in [0.3, 0.4) is 0 Å². The maximum absolute atomic E-state index is 5.86. The number of likely N-dealkylation sites (tertiary alicyclic amines) is 1. The first-order valence-electron chi connectivity index (χ1n) is 5.97. The Kier molecular flexibility index (Phi) is 3.79. The topological polar surface area (TPSA) is 38.5 Å². The maximum Gasteiger partial charge on any atom is 0.0743 e. The molecule has 3 heteroatoms. The Hall–Kier alpha value is -0.120. The normalized spacial score (nSPS) is 31.9. The molecule has 0 aromatic heterocycles. The Morgan fingerprint density at radius 2 is 2.00 bits per heavy atom. The van der Waals surface area contributed by atoms with Gasteiger partial charge in [-0.3, -0.25) is 4.90 Å². The Bertz CT molecular complexity index is 163. The van der Waals surface area contributed by atoms with E-state index in [-0.39, 0.29) is 0 Å². The molecule has 2 unspecified atom stereocenters. The minimum atomic E-state index is 0.415. The van der Waals surface area contributed by atoms with Crippen molar-refractivity contribution in [1.29, 1.82) is 0 Å². The van der Waals surface area contributed by atoms with Gasteiger partial charge in [-0.15, -0.1) is 0 Å². The molecular weight excluding hydrogens is 176 g/mol. The minimum absolute atomic E-state index is 0.415. The highest BCUT2D eigenvalue weighted by Crippen LogP contribution is 2.21. The number of nitrogens with zero attached hydrogens (tertiary/aromatic N) is 1.